The summed E-state index contributed by atoms with van der Waals surface area (Å²) in [6.45, 7) is 0. The lowest BCUT2D eigenvalue weighted by atomic mass is 10.3. The first-order valence-corrected chi connectivity index (χ1v) is 2.92. The Kier molecular flexibility index (Phi) is 0.913. The Morgan fingerprint density at radius 1 is 1.60 bits per heavy atom. The van der Waals surface area contributed by atoms with Gasteiger partial charge in [0.1, 0.15) is 11.9 Å². The smallest absolute Gasteiger partial charge is 0.320 e. The van der Waals surface area contributed by atoms with Crippen molar-refractivity contribution in [2.45, 2.75) is 6.17 Å². The van der Waals surface area contributed by atoms with E-state index in [1.54, 1.807) is 12.5 Å². The first-order valence-electron chi connectivity index (χ1n) is 2.92. The SMILES string of the molecule is O=C1NC=C2N=CNC2N1. The number of nitrogens with zero attached hydrogens (tertiary/aromatic N) is 1. The molecule has 0 saturated carbocycles. The maximum Gasteiger partial charge on any atom is 0.320 e. The fourth-order valence-corrected chi connectivity index (χ4v) is 0.895. The molecule has 0 aromatic rings. The van der Waals surface area contributed by atoms with Crippen LogP contribution in [0.2, 0.25) is 0 Å². The molecule has 52 valence electrons. The van der Waals surface area contributed by atoms with E-state index in [2.05, 4.69) is 20.9 Å². The van der Waals surface area contributed by atoms with E-state index in [-0.39, 0.29) is 12.2 Å². The largest absolute Gasteiger partial charge is 0.351 e. The van der Waals surface area contributed by atoms with Gasteiger partial charge in [-0.05, 0) is 0 Å². The molecule has 0 radical (unpaired) electrons. The first-order chi connectivity index (χ1) is 4.86. The molecule has 1 unspecified atom stereocenters. The van der Waals surface area contributed by atoms with Gasteiger partial charge in [0.2, 0.25) is 0 Å². The zero-order valence-electron chi connectivity index (χ0n) is 5.09. The average Bonchev–Trinajstić information content (AvgIpc) is 2.33. The van der Waals surface area contributed by atoms with Gasteiger partial charge in [-0.1, -0.05) is 0 Å². The van der Waals surface area contributed by atoms with E-state index in [0.29, 0.717) is 0 Å². The van der Waals surface area contributed by atoms with Crippen LogP contribution in [0.1, 0.15) is 0 Å². The molecule has 0 bridgehead atoms. The van der Waals surface area contributed by atoms with Crippen LogP contribution in [-0.2, 0) is 0 Å². The number of nitrogens with one attached hydrogen (secondary N) is 3. The van der Waals surface area contributed by atoms with Crippen LogP contribution in [0.5, 0.6) is 0 Å². The van der Waals surface area contributed by atoms with Crippen molar-refractivity contribution in [1.82, 2.24) is 16.0 Å². The quantitative estimate of drug-likeness (QED) is 0.406. The Morgan fingerprint density at radius 2 is 2.50 bits per heavy atom. The predicted octanol–water partition coefficient (Wildman–Crippen LogP) is -0.902. The fourth-order valence-electron chi connectivity index (χ4n) is 0.895. The van der Waals surface area contributed by atoms with Gasteiger partial charge in [-0.15, -0.1) is 0 Å². The van der Waals surface area contributed by atoms with Gasteiger partial charge in [0.05, 0.1) is 6.34 Å². The Balaban J connectivity index is 2.25. The van der Waals surface area contributed by atoms with Crippen LogP contribution in [-0.4, -0.2) is 18.5 Å². The van der Waals surface area contributed by atoms with Crippen molar-refractivity contribution in [3.63, 3.8) is 0 Å². The lowest BCUT2D eigenvalue weighted by Crippen LogP contribution is -2.49. The minimum atomic E-state index is -0.202. The van der Waals surface area contributed by atoms with Gasteiger partial charge in [-0.25, -0.2) is 9.79 Å². The molecule has 0 fully saturated rings. The molecule has 10 heavy (non-hydrogen) atoms. The van der Waals surface area contributed by atoms with E-state index < -0.39 is 0 Å². The Morgan fingerprint density at radius 3 is 3.40 bits per heavy atom. The molecular formula is C5H6N4O. The molecular weight excluding hydrogens is 132 g/mol. The molecule has 0 spiro atoms. The Hall–Kier alpha value is -1.52. The fraction of sp³-hybridized carbons (Fsp3) is 0.200. The number of amides is 2. The molecule has 2 rings (SSSR count). The Bertz CT molecular complexity index is 232. The van der Waals surface area contributed by atoms with Crippen molar-refractivity contribution >= 4 is 12.4 Å². The lowest BCUT2D eigenvalue weighted by Gasteiger charge is -2.17. The summed E-state index contributed by atoms with van der Waals surface area (Å²) in [5, 5.41) is 7.97. The minimum absolute atomic E-state index is 0.131. The number of rotatable bonds is 0. The molecule has 3 N–H and O–H groups in total. The number of carbonyl (C=O) groups is 1. The van der Waals surface area contributed by atoms with Crippen LogP contribution < -0.4 is 16.0 Å². The summed E-state index contributed by atoms with van der Waals surface area (Å²) in [5.74, 6) is 0. The second-order valence-corrected chi connectivity index (χ2v) is 2.04. The molecule has 1 atom stereocenters. The number of hydrogen-bond donors (Lipinski definition) is 3. The van der Waals surface area contributed by atoms with Crippen molar-refractivity contribution in [3.8, 4) is 0 Å². The molecule has 0 aromatic heterocycles. The Labute approximate surface area is 57.2 Å². The van der Waals surface area contributed by atoms with E-state index >= 15 is 0 Å². The summed E-state index contributed by atoms with van der Waals surface area (Å²) in [6.07, 6.45) is 3.01. The summed E-state index contributed by atoms with van der Waals surface area (Å²) in [4.78, 5) is 14.6. The number of fused-ring (bicyclic) bond motifs is 1. The number of hydrogen-bond acceptors (Lipinski definition) is 3. The molecule has 5 heteroatoms. The van der Waals surface area contributed by atoms with Gasteiger partial charge in [0, 0.05) is 6.20 Å². The third kappa shape index (κ3) is 0.637. The van der Waals surface area contributed by atoms with Crippen LogP contribution in [0.15, 0.2) is 16.9 Å². The van der Waals surface area contributed by atoms with E-state index in [1.807, 2.05) is 0 Å². The number of aliphatic imine (C=N–C) groups is 1. The third-order valence-electron chi connectivity index (χ3n) is 1.38. The summed E-state index contributed by atoms with van der Waals surface area (Å²) >= 11 is 0. The van der Waals surface area contributed by atoms with Gasteiger partial charge in [-0.2, -0.15) is 0 Å². The highest BCUT2D eigenvalue weighted by molar-refractivity contribution is 5.79. The summed E-state index contributed by atoms with van der Waals surface area (Å²) < 4.78 is 0. The molecule has 2 aliphatic heterocycles. The van der Waals surface area contributed by atoms with Gasteiger partial charge in [-0.3, -0.25) is 0 Å². The molecule has 0 aromatic carbocycles. The predicted molar refractivity (Wildman–Crippen MR) is 35.2 cm³/mol. The molecule has 0 aliphatic carbocycles. The van der Waals surface area contributed by atoms with E-state index in [4.69, 9.17) is 0 Å². The van der Waals surface area contributed by atoms with Crippen LogP contribution in [0.25, 0.3) is 0 Å². The summed E-state index contributed by atoms with van der Waals surface area (Å²) in [6, 6.07) is -0.202. The number of carbonyl (C=O) groups excluding carboxylic acids is 1. The van der Waals surface area contributed by atoms with E-state index in [0.717, 1.165) is 5.70 Å². The van der Waals surface area contributed by atoms with Crippen LogP contribution in [0.3, 0.4) is 0 Å². The topological polar surface area (TPSA) is 65.5 Å². The highest BCUT2D eigenvalue weighted by Crippen LogP contribution is 2.06. The van der Waals surface area contributed by atoms with Gasteiger partial charge < -0.3 is 16.0 Å². The normalized spacial score (nSPS) is 27.8. The van der Waals surface area contributed by atoms with E-state index in [1.165, 1.54) is 0 Å². The zero-order chi connectivity index (χ0) is 6.97. The van der Waals surface area contributed by atoms with E-state index in [9.17, 15) is 4.79 Å². The monoisotopic (exact) mass is 138 g/mol. The molecule has 2 aliphatic rings. The second kappa shape index (κ2) is 1.73. The second-order valence-electron chi connectivity index (χ2n) is 2.04. The minimum Gasteiger partial charge on any atom is -0.351 e. The molecule has 2 heterocycles. The standard InChI is InChI=1S/C5H6N4O/c10-5-6-1-3-4(9-5)8-2-7-3/h1-2,4H,(H,7,8)(H2,6,9,10). The third-order valence-corrected chi connectivity index (χ3v) is 1.38. The van der Waals surface area contributed by atoms with Gasteiger partial charge in [0.15, 0.2) is 0 Å². The number of urea groups is 1. The van der Waals surface area contributed by atoms with Crippen molar-refractivity contribution in [2.75, 3.05) is 0 Å². The van der Waals surface area contributed by atoms with Crippen molar-refractivity contribution in [3.05, 3.63) is 11.9 Å². The van der Waals surface area contributed by atoms with Crippen molar-refractivity contribution in [1.29, 1.82) is 0 Å². The van der Waals surface area contributed by atoms with Gasteiger partial charge in [0.25, 0.3) is 0 Å². The van der Waals surface area contributed by atoms with Crippen molar-refractivity contribution in [2.24, 2.45) is 4.99 Å². The lowest BCUT2D eigenvalue weighted by molar-refractivity contribution is 0.239. The molecule has 5 nitrogen and oxygen atoms in total. The van der Waals surface area contributed by atoms with Crippen LogP contribution in [0, 0.1) is 0 Å². The summed E-state index contributed by atoms with van der Waals surface area (Å²) in [5.41, 5.74) is 0.805. The highest BCUT2D eigenvalue weighted by atomic mass is 16.2. The van der Waals surface area contributed by atoms with Crippen LogP contribution in [0.4, 0.5) is 4.79 Å². The molecule has 2 amide bonds. The molecule has 0 saturated heterocycles. The maximum atomic E-state index is 10.6. The average molecular weight is 138 g/mol. The van der Waals surface area contributed by atoms with Gasteiger partial charge >= 0.3 is 6.03 Å². The van der Waals surface area contributed by atoms with Crippen molar-refractivity contribution < 1.29 is 4.79 Å². The maximum absolute atomic E-state index is 10.6. The van der Waals surface area contributed by atoms with Crippen LogP contribution >= 0.6 is 0 Å². The zero-order valence-corrected chi connectivity index (χ0v) is 5.09. The summed E-state index contributed by atoms with van der Waals surface area (Å²) in [7, 11) is 0. The highest BCUT2D eigenvalue weighted by Gasteiger charge is 2.22. The first kappa shape index (κ1) is 5.28.